The van der Waals surface area contributed by atoms with Crippen LogP contribution in [0.5, 0.6) is 0 Å². The van der Waals surface area contributed by atoms with Crippen molar-refractivity contribution in [1.82, 2.24) is 4.98 Å². The second kappa shape index (κ2) is 5.14. The fourth-order valence-electron chi connectivity index (χ4n) is 1.39. The van der Waals surface area contributed by atoms with E-state index in [2.05, 4.69) is 4.98 Å². The lowest BCUT2D eigenvalue weighted by Crippen LogP contribution is -2.08. The number of aryl methyl sites for hydroxylation is 1. The van der Waals surface area contributed by atoms with E-state index in [0.717, 1.165) is 11.1 Å². The number of ether oxygens (including phenoxy) is 1. The van der Waals surface area contributed by atoms with Gasteiger partial charge in [0.2, 0.25) is 0 Å². The molecule has 0 atom stereocenters. The Bertz CT molecular complexity index is 583. The number of nitrogens with zero attached hydrogens (tertiary/aromatic N) is 1. The van der Waals surface area contributed by atoms with Crippen molar-refractivity contribution in [2.45, 2.75) is 13.5 Å². The van der Waals surface area contributed by atoms with E-state index >= 15 is 0 Å². The Kier molecular flexibility index (Phi) is 3.57. The zero-order valence-corrected chi connectivity index (χ0v) is 10.5. The first-order valence-corrected chi connectivity index (χ1v) is 6.07. The predicted molar refractivity (Wildman–Crippen MR) is 66.8 cm³/mol. The van der Waals surface area contributed by atoms with Crippen molar-refractivity contribution in [2.75, 3.05) is 5.73 Å². The molecule has 0 unspecified atom stereocenters. The highest BCUT2D eigenvalue weighted by Gasteiger charge is 2.13. The average Bonchev–Trinajstić information content (AvgIpc) is 2.72. The van der Waals surface area contributed by atoms with Gasteiger partial charge in [-0.3, -0.25) is 0 Å². The van der Waals surface area contributed by atoms with Crippen LogP contribution in [0.2, 0.25) is 0 Å². The quantitative estimate of drug-likeness (QED) is 0.685. The first-order valence-electron chi connectivity index (χ1n) is 5.19. The van der Waals surface area contributed by atoms with Gasteiger partial charge in [0.15, 0.2) is 0 Å². The molecule has 0 saturated heterocycles. The minimum atomic E-state index is -0.724. The van der Waals surface area contributed by atoms with Crippen LogP contribution in [0.15, 0.2) is 23.6 Å². The van der Waals surface area contributed by atoms with Crippen LogP contribution in [0.25, 0.3) is 0 Å². The summed E-state index contributed by atoms with van der Waals surface area (Å²) in [5, 5.41) is 2.68. The van der Waals surface area contributed by atoms with E-state index in [9.17, 15) is 9.18 Å². The molecular weight excluding hydrogens is 255 g/mol. The molecule has 2 N–H and O–H groups in total. The number of carbonyl (C=O) groups is 1. The molecule has 1 aromatic heterocycles. The molecule has 1 heterocycles. The number of hydrogen-bond acceptors (Lipinski definition) is 5. The molecule has 0 saturated carbocycles. The molecule has 0 fully saturated rings. The number of carbonyl (C=O) groups excluding carboxylic acids is 1. The van der Waals surface area contributed by atoms with Crippen molar-refractivity contribution in [3.63, 3.8) is 0 Å². The lowest BCUT2D eigenvalue weighted by molar-refractivity contribution is 0.0463. The van der Waals surface area contributed by atoms with Gasteiger partial charge < -0.3 is 10.5 Å². The van der Waals surface area contributed by atoms with Crippen LogP contribution in [0.1, 0.15) is 21.1 Å². The van der Waals surface area contributed by atoms with E-state index in [1.165, 1.54) is 23.5 Å². The summed E-state index contributed by atoms with van der Waals surface area (Å²) in [6, 6.07) is 3.84. The largest absolute Gasteiger partial charge is 0.455 e. The summed E-state index contributed by atoms with van der Waals surface area (Å²) in [6.45, 7) is 1.89. The van der Waals surface area contributed by atoms with Gasteiger partial charge in [-0.25, -0.2) is 14.2 Å². The zero-order valence-electron chi connectivity index (χ0n) is 9.64. The Morgan fingerprint density at radius 3 is 2.94 bits per heavy atom. The highest BCUT2D eigenvalue weighted by atomic mass is 32.1. The molecular formula is C12H11FN2O2S. The minimum Gasteiger partial charge on any atom is -0.455 e. The van der Waals surface area contributed by atoms with E-state index in [0.29, 0.717) is 5.69 Å². The predicted octanol–water partition coefficient (Wildman–Crippen LogP) is 2.53. The molecule has 94 valence electrons. The molecule has 0 aliphatic rings. The van der Waals surface area contributed by atoms with E-state index in [1.54, 1.807) is 5.38 Å². The van der Waals surface area contributed by atoms with Gasteiger partial charge in [0.05, 0.1) is 16.3 Å². The van der Waals surface area contributed by atoms with Crippen molar-refractivity contribution < 1.29 is 13.9 Å². The molecule has 18 heavy (non-hydrogen) atoms. The van der Waals surface area contributed by atoms with Crippen LogP contribution < -0.4 is 5.73 Å². The minimum absolute atomic E-state index is 0.0347. The third-order valence-electron chi connectivity index (χ3n) is 2.23. The van der Waals surface area contributed by atoms with Crippen molar-refractivity contribution in [1.29, 1.82) is 0 Å². The second-order valence-electron chi connectivity index (χ2n) is 3.67. The molecule has 0 radical (unpaired) electrons. The van der Waals surface area contributed by atoms with E-state index < -0.39 is 11.8 Å². The number of aromatic nitrogens is 1. The SMILES string of the molecule is Cc1nc(COC(=O)c2ccc(N)cc2F)cs1. The number of anilines is 1. The molecule has 0 amide bonds. The highest BCUT2D eigenvalue weighted by Crippen LogP contribution is 2.14. The summed E-state index contributed by atoms with van der Waals surface area (Å²) >= 11 is 1.46. The van der Waals surface area contributed by atoms with Gasteiger partial charge in [-0.2, -0.15) is 0 Å². The molecule has 0 aliphatic carbocycles. The highest BCUT2D eigenvalue weighted by molar-refractivity contribution is 7.09. The fraction of sp³-hybridized carbons (Fsp3) is 0.167. The van der Waals surface area contributed by atoms with Gasteiger partial charge in [0.1, 0.15) is 12.4 Å². The van der Waals surface area contributed by atoms with Gasteiger partial charge in [-0.05, 0) is 25.1 Å². The zero-order chi connectivity index (χ0) is 13.1. The fourth-order valence-corrected chi connectivity index (χ4v) is 1.99. The van der Waals surface area contributed by atoms with Gasteiger partial charge >= 0.3 is 5.97 Å². The van der Waals surface area contributed by atoms with Crippen LogP contribution in [0.3, 0.4) is 0 Å². The van der Waals surface area contributed by atoms with Crippen LogP contribution in [0.4, 0.5) is 10.1 Å². The number of nitrogens with two attached hydrogens (primary N) is 1. The summed E-state index contributed by atoms with van der Waals surface area (Å²) in [7, 11) is 0. The van der Waals surface area contributed by atoms with Crippen LogP contribution in [-0.2, 0) is 11.3 Å². The van der Waals surface area contributed by atoms with Crippen molar-refractivity contribution in [3.8, 4) is 0 Å². The Morgan fingerprint density at radius 2 is 2.33 bits per heavy atom. The molecule has 1 aromatic carbocycles. The van der Waals surface area contributed by atoms with E-state index in [-0.39, 0.29) is 17.9 Å². The third-order valence-corrected chi connectivity index (χ3v) is 3.05. The maximum absolute atomic E-state index is 13.4. The number of esters is 1. The molecule has 0 spiro atoms. The van der Waals surface area contributed by atoms with Crippen LogP contribution >= 0.6 is 11.3 Å². The molecule has 6 heteroatoms. The normalized spacial score (nSPS) is 10.3. The number of thiazole rings is 1. The van der Waals surface area contributed by atoms with Gasteiger partial charge in [0.25, 0.3) is 0 Å². The lowest BCUT2D eigenvalue weighted by atomic mass is 10.2. The lowest BCUT2D eigenvalue weighted by Gasteiger charge is -2.04. The molecule has 2 aromatic rings. The molecule has 0 bridgehead atoms. The second-order valence-corrected chi connectivity index (χ2v) is 4.74. The van der Waals surface area contributed by atoms with Gasteiger partial charge in [-0.1, -0.05) is 0 Å². The number of benzene rings is 1. The van der Waals surface area contributed by atoms with Gasteiger partial charge in [0, 0.05) is 11.1 Å². The Morgan fingerprint density at radius 1 is 1.56 bits per heavy atom. The number of halogens is 1. The first-order chi connectivity index (χ1) is 8.56. The van der Waals surface area contributed by atoms with E-state index in [4.69, 9.17) is 10.5 Å². The average molecular weight is 266 g/mol. The molecule has 4 nitrogen and oxygen atoms in total. The molecule has 2 rings (SSSR count). The summed E-state index contributed by atoms with van der Waals surface area (Å²) in [5.41, 5.74) is 6.18. The van der Waals surface area contributed by atoms with Crippen molar-refractivity contribution >= 4 is 23.0 Å². The molecule has 0 aliphatic heterocycles. The maximum Gasteiger partial charge on any atom is 0.341 e. The van der Waals surface area contributed by atoms with Crippen LogP contribution in [0, 0.1) is 12.7 Å². The maximum atomic E-state index is 13.4. The third kappa shape index (κ3) is 2.84. The van der Waals surface area contributed by atoms with Crippen LogP contribution in [-0.4, -0.2) is 11.0 Å². The number of nitrogen functional groups attached to an aromatic ring is 1. The Balaban J connectivity index is 2.03. The summed E-state index contributed by atoms with van der Waals surface area (Å²) < 4.78 is 18.4. The number of hydrogen-bond donors (Lipinski definition) is 1. The van der Waals surface area contributed by atoms with Crippen molar-refractivity contribution in [2.24, 2.45) is 0 Å². The smallest absolute Gasteiger partial charge is 0.341 e. The van der Waals surface area contributed by atoms with Gasteiger partial charge in [-0.15, -0.1) is 11.3 Å². The summed E-state index contributed by atoms with van der Waals surface area (Å²) in [6.07, 6.45) is 0. The standard InChI is InChI=1S/C12H11FN2O2S/c1-7-15-9(6-18-7)5-17-12(16)10-3-2-8(14)4-11(10)13/h2-4,6H,5,14H2,1H3. The van der Waals surface area contributed by atoms with Crippen molar-refractivity contribution in [3.05, 3.63) is 45.7 Å². The number of rotatable bonds is 3. The first kappa shape index (κ1) is 12.5. The topological polar surface area (TPSA) is 65.2 Å². The summed E-state index contributed by atoms with van der Waals surface area (Å²) in [4.78, 5) is 15.8. The Hall–Kier alpha value is -1.95. The Labute approximate surface area is 107 Å². The van der Waals surface area contributed by atoms with E-state index in [1.807, 2.05) is 6.92 Å². The monoisotopic (exact) mass is 266 g/mol. The summed E-state index contributed by atoms with van der Waals surface area (Å²) in [5.74, 6) is -1.41.